The number of likely N-dealkylation sites (N-methyl/N-ethyl adjacent to an activating group) is 1. The normalized spacial score (nSPS) is 27.2. The van der Waals surface area contributed by atoms with Crippen LogP contribution in [0.15, 0.2) is 12.1 Å². The van der Waals surface area contributed by atoms with E-state index in [-0.39, 0.29) is 0 Å². The summed E-state index contributed by atoms with van der Waals surface area (Å²) >= 11 is 7.68. The molecule has 0 saturated heterocycles. The number of hydrogen-bond acceptors (Lipinski definition) is 2. The van der Waals surface area contributed by atoms with Gasteiger partial charge >= 0.3 is 0 Å². The Morgan fingerprint density at radius 2 is 2.31 bits per heavy atom. The highest BCUT2D eigenvalue weighted by Gasteiger charge is 2.28. The molecule has 1 aliphatic carbocycles. The zero-order chi connectivity index (χ0) is 11.5. The first-order valence-electron chi connectivity index (χ1n) is 6.10. The van der Waals surface area contributed by atoms with Gasteiger partial charge in [0.25, 0.3) is 0 Å². The average molecular weight is 258 g/mol. The quantitative estimate of drug-likeness (QED) is 0.861. The van der Waals surface area contributed by atoms with E-state index in [0.717, 1.165) is 22.6 Å². The molecule has 3 heteroatoms. The van der Waals surface area contributed by atoms with Crippen molar-refractivity contribution in [3.63, 3.8) is 0 Å². The number of nitrogens with one attached hydrogen (secondary N) is 1. The molecule has 0 aliphatic heterocycles. The summed E-state index contributed by atoms with van der Waals surface area (Å²) in [6.07, 6.45) is 5.29. The fourth-order valence-corrected chi connectivity index (χ4v) is 3.95. The predicted molar refractivity (Wildman–Crippen MR) is 72.4 cm³/mol. The average Bonchev–Trinajstić information content (AvgIpc) is 2.84. The lowest BCUT2D eigenvalue weighted by molar-refractivity contribution is 0.369. The van der Waals surface area contributed by atoms with Crippen LogP contribution in [0.25, 0.3) is 0 Å². The highest BCUT2D eigenvalue weighted by molar-refractivity contribution is 7.16. The molecule has 16 heavy (non-hydrogen) atoms. The van der Waals surface area contributed by atoms with Crippen LogP contribution in [0.4, 0.5) is 0 Å². The van der Waals surface area contributed by atoms with Gasteiger partial charge in [-0.2, -0.15) is 0 Å². The first-order valence-corrected chi connectivity index (χ1v) is 7.30. The molecule has 90 valence electrons. The second-order valence-corrected chi connectivity index (χ2v) is 6.78. The third-order valence-electron chi connectivity index (χ3n) is 3.73. The Kier molecular flexibility index (Phi) is 4.28. The minimum absolute atomic E-state index is 0.625. The van der Waals surface area contributed by atoms with Crippen LogP contribution < -0.4 is 5.32 Å². The maximum Gasteiger partial charge on any atom is 0.0931 e. The van der Waals surface area contributed by atoms with Crippen molar-refractivity contribution in [3.8, 4) is 0 Å². The van der Waals surface area contributed by atoms with E-state index in [1.54, 1.807) is 11.3 Å². The fourth-order valence-electron chi connectivity index (χ4n) is 2.80. The largest absolute Gasteiger partial charge is 0.316 e. The van der Waals surface area contributed by atoms with E-state index < -0.39 is 0 Å². The fraction of sp³-hybridized carbons (Fsp3) is 0.692. The summed E-state index contributed by atoms with van der Waals surface area (Å²) in [6.45, 7) is 2.37. The molecule has 3 atom stereocenters. The minimum Gasteiger partial charge on any atom is -0.316 e. The smallest absolute Gasteiger partial charge is 0.0931 e. The number of hydrogen-bond donors (Lipinski definition) is 1. The molecule has 1 aromatic rings. The summed E-state index contributed by atoms with van der Waals surface area (Å²) in [6, 6.07) is 4.79. The van der Waals surface area contributed by atoms with Crippen molar-refractivity contribution in [1.29, 1.82) is 0 Å². The molecule has 3 unspecified atom stereocenters. The summed E-state index contributed by atoms with van der Waals surface area (Å²) in [4.78, 5) is 1.41. The number of thiophene rings is 1. The highest BCUT2D eigenvalue weighted by atomic mass is 35.5. The van der Waals surface area contributed by atoms with Gasteiger partial charge in [0.1, 0.15) is 0 Å². The van der Waals surface area contributed by atoms with Gasteiger partial charge in [0, 0.05) is 10.9 Å². The van der Waals surface area contributed by atoms with Crippen LogP contribution >= 0.6 is 22.9 Å². The second kappa shape index (κ2) is 5.52. The Morgan fingerprint density at radius 1 is 1.50 bits per heavy atom. The molecule has 2 rings (SSSR count). The van der Waals surface area contributed by atoms with Crippen molar-refractivity contribution in [1.82, 2.24) is 5.32 Å². The summed E-state index contributed by atoms with van der Waals surface area (Å²) in [5.41, 5.74) is 0. The molecule has 0 bridgehead atoms. The van der Waals surface area contributed by atoms with Crippen molar-refractivity contribution in [2.24, 2.45) is 11.8 Å². The van der Waals surface area contributed by atoms with E-state index >= 15 is 0 Å². The zero-order valence-corrected chi connectivity index (χ0v) is 11.6. The van der Waals surface area contributed by atoms with Crippen LogP contribution in [0.3, 0.4) is 0 Å². The summed E-state index contributed by atoms with van der Waals surface area (Å²) < 4.78 is 0.907. The van der Waals surface area contributed by atoms with E-state index in [1.165, 1.54) is 24.1 Å². The maximum atomic E-state index is 5.97. The van der Waals surface area contributed by atoms with Crippen LogP contribution in [-0.2, 0) is 6.42 Å². The van der Waals surface area contributed by atoms with Gasteiger partial charge in [-0.1, -0.05) is 24.9 Å². The topological polar surface area (TPSA) is 12.0 Å². The van der Waals surface area contributed by atoms with Crippen LogP contribution in [0.1, 0.15) is 31.1 Å². The van der Waals surface area contributed by atoms with Crippen molar-refractivity contribution >= 4 is 22.9 Å². The molecule has 0 radical (unpaired) electrons. The first kappa shape index (κ1) is 12.4. The van der Waals surface area contributed by atoms with E-state index in [9.17, 15) is 0 Å². The van der Waals surface area contributed by atoms with E-state index in [4.69, 9.17) is 11.6 Å². The van der Waals surface area contributed by atoms with E-state index in [2.05, 4.69) is 25.4 Å². The zero-order valence-electron chi connectivity index (χ0n) is 10.0. The molecule has 0 amide bonds. The van der Waals surface area contributed by atoms with Gasteiger partial charge < -0.3 is 5.32 Å². The molecule has 0 aromatic carbocycles. The van der Waals surface area contributed by atoms with Gasteiger partial charge in [-0.3, -0.25) is 0 Å². The van der Waals surface area contributed by atoms with Gasteiger partial charge in [-0.15, -0.1) is 11.3 Å². The lowest BCUT2D eigenvalue weighted by Crippen LogP contribution is -2.34. The van der Waals surface area contributed by atoms with Crippen molar-refractivity contribution < 1.29 is 0 Å². The molecule has 1 N–H and O–H groups in total. The summed E-state index contributed by atoms with van der Waals surface area (Å²) in [7, 11) is 2.09. The highest BCUT2D eigenvalue weighted by Crippen LogP contribution is 2.34. The van der Waals surface area contributed by atoms with Crippen LogP contribution in [0, 0.1) is 11.8 Å². The standard InChI is InChI=1S/C13H20ClNS/c1-9-3-4-10(7-9)12(15-2)8-11-5-6-13(14)16-11/h5-6,9-10,12,15H,3-4,7-8H2,1-2H3. The molecule has 1 aliphatic rings. The van der Waals surface area contributed by atoms with E-state index in [1.807, 2.05) is 6.07 Å². The monoisotopic (exact) mass is 257 g/mol. The third-order valence-corrected chi connectivity index (χ3v) is 4.98. The van der Waals surface area contributed by atoms with Crippen LogP contribution in [0.5, 0.6) is 0 Å². The third kappa shape index (κ3) is 2.99. The Hall–Kier alpha value is -0.0500. The Labute approximate surface area is 107 Å². The van der Waals surface area contributed by atoms with Crippen molar-refractivity contribution in [2.75, 3.05) is 7.05 Å². The van der Waals surface area contributed by atoms with Crippen LogP contribution in [0.2, 0.25) is 4.34 Å². The lowest BCUT2D eigenvalue weighted by atomic mass is 9.94. The van der Waals surface area contributed by atoms with Gasteiger partial charge in [-0.05, 0) is 50.3 Å². The van der Waals surface area contributed by atoms with E-state index in [0.29, 0.717) is 6.04 Å². The molecule has 1 fully saturated rings. The Bertz CT molecular complexity index is 336. The van der Waals surface area contributed by atoms with Gasteiger partial charge in [0.05, 0.1) is 4.34 Å². The van der Waals surface area contributed by atoms with Crippen molar-refractivity contribution in [2.45, 2.75) is 38.6 Å². The Balaban J connectivity index is 1.95. The van der Waals surface area contributed by atoms with Crippen molar-refractivity contribution in [3.05, 3.63) is 21.3 Å². The summed E-state index contributed by atoms with van der Waals surface area (Å²) in [5.74, 6) is 1.76. The molecule has 1 aromatic heterocycles. The van der Waals surface area contributed by atoms with Gasteiger partial charge in [-0.25, -0.2) is 0 Å². The molecule has 1 saturated carbocycles. The van der Waals surface area contributed by atoms with Crippen LogP contribution in [-0.4, -0.2) is 13.1 Å². The summed E-state index contributed by atoms with van der Waals surface area (Å²) in [5, 5.41) is 3.49. The molecular weight excluding hydrogens is 238 g/mol. The maximum absolute atomic E-state index is 5.97. The second-order valence-electron chi connectivity index (χ2n) is 4.98. The molecule has 0 spiro atoms. The SMILES string of the molecule is CNC(Cc1ccc(Cl)s1)C1CCC(C)C1. The molecular formula is C13H20ClNS. The number of rotatable bonds is 4. The molecule has 1 nitrogen and oxygen atoms in total. The number of halogens is 1. The van der Waals surface area contributed by atoms with Gasteiger partial charge in [0.15, 0.2) is 0 Å². The first-order chi connectivity index (χ1) is 7.69. The predicted octanol–water partition coefficient (Wildman–Crippen LogP) is 3.97. The lowest BCUT2D eigenvalue weighted by Gasteiger charge is -2.22. The molecule has 1 heterocycles. The Morgan fingerprint density at radius 3 is 2.81 bits per heavy atom. The van der Waals surface area contributed by atoms with Gasteiger partial charge in [0.2, 0.25) is 0 Å². The minimum atomic E-state index is 0.625.